The quantitative estimate of drug-likeness (QED) is 0.638. The summed E-state index contributed by atoms with van der Waals surface area (Å²) in [6, 6.07) is 0. The van der Waals surface area contributed by atoms with Gasteiger partial charge in [0.15, 0.2) is 5.11 Å². The van der Waals surface area contributed by atoms with Gasteiger partial charge in [-0.2, -0.15) is 0 Å². The van der Waals surface area contributed by atoms with Gasteiger partial charge in [0, 0.05) is 19.7 Å². The molecule has 0 bridgehead atoms. The maximum atomic E-state index is 5.59. The van der Waals surface area contributed by atoms with E-state index in [2.05, 4.69) is 24.5 Å². The van der Waals surface area contributed by atoms with Crippen LogP contribution in [0.4, 0.5) is 0 Å². The van der Waals surface area contributed by atoms with Gasteiger partial charge in [-0.3, -0.25) is 0 Å². The van der Waals surface area contributed by atoms with Crippen molar-refractivity contribution in [2.45, 2.75) is 64.9 Å². The lowest BCUT2D eigenvalue weighted by molar-refractivity contribution is 0.105. The number of hydrogen-bond donors (Lipinski definition) is 2. The van der Waals surface area contributed by atoms with Gasteiger partial charge in [0.25, 0.3) is 0 Å². The van der Waals surface area contributed by atoms with E-state index in [1.165, 1.54) is 38.5 Å². The van der Waals surface area contributed by atoms with Gasteiger partial charge in [-0.15, -0.1) is 0 Å². The van der Waals surface area contributed by atoms with Crippen molar-refractivity contribution in [1.82, 2.24) is 10.6 Å². The first-order chi connectivity index (χ1) is 9.26. The van der Waals surface area contributed by atoms with Gasteiger partial charge in [0.2, 0.25) is 0 Å². The zero-order valence-corrected chi connectivity index (χ0v) is 13.4. The van der Waals surface area contributed by atoms with E-state index >= 15 is 0 Å². The monoisotopic (exact) mass is 286 g/mol. The van der Waals surface area contributed by atoms with Crippen LogP contribution in [0.1, 0.15) is 58.8 Å². The molecule has 19 heavy (non-hydrogen) atoms. The summed E-state index contributed by atoms with van der Waals surface area (Å²) < 4.78 is 5.59. The Morgan fingerprint density at radius 3 is 2.84 bits per heavy atom. The Balaban J connectivity index is 2.02. The van der Waals surface area contributed by atoms with Crippen LogP contribution in [0.15, 0.2) is 0 Å². The summed E-state index contributed by atoms with van der Waals surface area (Å²) in [5.41, 5.74) is 0. The summed E-state index contributed by atoms with van der Waals surface area (Å²) in [5, 5.41) is 7.43. The highest BCUT2D eigenvalue weighted by Gasteiger charge is 2.14. The average Bonchev–Trinajstić information content (AvgIpc) is 2.92. The summed E-state index contributed by atoms with van der Waals surface area (Å²) in [6.07, 6.45) is 9.06. The van der Waals surface area contributed by atoms with Crippen LogP contribution in [0.5, 0.6) is 0 Å². The fraction of sp³-hybridized carbons (Fsp3) is 0.933. The third-order valence-electron chi connectivity index (χ3n) is 3.87. The van der Waals surface area contributed by atoms with Crippen molar-refractivity contribution in [2.24, 2.45) is 5.92 Å². The number of hydrogen-bond acceptors (Lipinski definition) is 2. The van der Waals surface area contributed by atoms with Crippen molar-refractivity contribution in [2.75, 3.05) is 19.7 Å². The first kappa shape index (κ1) is 16.7. The van der Waals surface area contributed by atoms with Crippen LogP contribution in [0, 0.1) is 5.92 Å². The van der Waals surface area contributed by atoms with Crippen molar-refractivity contribution in [1.29, 1.82) is 0 Å². The van der Waals surface area contributed by atoms with Gasteiger partial charge in [0.1, 0.15) is 0 Å². The summed E-state index contributed by atoms with van der Waals surface area (Å²) in [7, 11) is 0. The molecule has 0 saturated carbocycles. The Bertz CT molecular complexity index is 242. The lowest BCUT2D eigenvalue weighted by atomic mass is 9.99. The van der Waals surface area contributed by atoms with E-state index in [1.807, 2.05) is 0 Å². The molecule has 0 aliphatic carbocycles. The minimum atomic E-state index is 0.447. The molecule has 1 heterocycles. The first-order valence-electron chi connectivity index (χ1n) is 7.89. The second-order valence-electron chi connectivity index (χ2n) is 5.48. The molecule has 1 aliphatic rings. The molecule has 2 N–H and O–H groups in total. The molecular weight excluding hydrogens is 256 g/mol. The highest BCUT2D eigenvalue weighted by atomic mass is 32.1. The molecule has 0 aromatic heterocycles. The normalized spacial score (nSPS) is 20.2. The van der Waals surface area contributed by atoms with Crippen molar-refractivity contribution < 1.29 is 4.74 Å². The standard InChI is InChI=1S/C15H30N2OS/c1-3-5-7-13(4-2)12-17-15(19)16-10-9-14-8-6-11-18-14/h13-14H,3-12H2,1-2H3,(H2,16,17,19). The molecule has 0 aromatic rings. The summed E-state index contributed by atoms with van der Waals surface area (Å²) in [6.45, 7) is 7.36. The third-order valence-corrected chi connectivity index (χ3v) is 4.16. The van der Waals surface area contributed by atoms with E-state index in [1.54, 1.807) is 0 Å². The molecule has 0 amide bonds. The highest BCUT2D eigenvalue weighted by Crippen LogP contribution is 2.14. The Morgan fingerprint density at radius 2 is 2.21 bits per heavy atom. The van der Waals surface area contributed by atoms with E-state index in [4.69, 9.17) is 17.0 Å². The van der Waals surface area contributed by atoms with Gasteiger partial charge in [0.05, 0.1) is 6.10 Å². The molecular formula is C15H30N2OS. The van der Waals surface area contributed by atoms with Crippen LogP contribution in [0.2, 0.25) is 0 Å². The predicted molar refractivity (Wildman–Crippen MR) is 85.5 cm³/mol. The molecule has 2 atom stereocenters. The Labute approximate surface area is 123 Å². The van der Waals surface area contributed by atoms with Gasteiger partial charge in [-0.05, 0) is 43.8 Å². The number of nitrogens with one attached hydrogen (secondary N) is 2. The Morgan fingerprint density at radius 1 is 1.37 bits per heavy atom. The topological polar surface area (TPSA) is 33.3 Å². The van der Waals surface area contributed by atoms with Crippen LogP contribution < -0.4 is 10.6 Å². The second-order valence-corrected chi connectivity index (χ2v) is 5.89. The van der Waals surface area contributed by atoms with E-state index in [0.29, 0.717) is 6.10 Å². The molecule has 2 unspecified atom stereocenters. The van der Waals surface area contributed by atoms with Crippen molar-refractivity contribution in [3.05, 3.63) is 0 Å². The molecule has 0 spiro atoms. The van der Waals surface area contributed by atoms with Crippen LogP contribution in [-0.2, 0) is 4.74 Å². The third kappa shape index (κ3) is 7.73. The molecule has 3 nitrogen and oxygen atoms in total. The summed E-state index contributed by atoms with van der Waals surface area (Å²) in [5.74, 6) is 0.748. The minimum absolute atomic E-state index is 0.447. The van der Waals surface area contributed by atoms with E-state index in [9.17, 15) is 0 Å². The van der Waals surface area contributed by atoms with Crippen molar-refractivity contribution >= 4 is 17.3 Å². The maximum Gasteiger partial charge on any atom is 0.166 e. The SMILES string of the molecule is CCCCC(CC)CNC(=S)NCCC1CCCO1. The largest absolute Gasteiger partial charge is 0.378 e. The zero-order chi connectivity index (χ0) is 13.9. The molecule has 112 valence electrons. The van der Waals surface area contributed by atoms with Gasteiger partial charge >= 0.3 is 0 Å². The summed E-state index contributed by atoms with van der Waals surface area (Å²) in [4.78, 5) is 0. The van der Waals surface area contributed by atoms with Gasteiger partial charge in [-0.25, -0.2) is 0 Å². The number of ether oxygens (including phenoxy) is 1. The summed E-state index contributed by atoms with van der Waals surface area (Å²) >= 11 is 5.31. The van der Waals surface area contributed by atoms with Crippen LogP contribution >= 0.6 is 12.2 Å². The van der Waals surface area contributed by atoms with Gasteiger partial charge < -0.3 is 15.4 Å². The number of unbranched alkanes of at least 4 members (excludes halogenated alkanes) is 1. The zero-order valence-electron chi connectivity index (χ0n) is 12.5. The fourth-order valence-corrected chi connectivity index (χ4v) is 2.65. The number of thiocarbonyl (C=S) groups is 1. The minimum Gasteiger partial charge on any atom is -0.378 e. The van der Waals surface area contributed by atoms with Crippen LogP contribution in [0.3, 0.4) is 0 Å². The lowest BCUT2D eigenvalue weighted by Gasteiger charge is -2.17. The number of rotatable bonds is 9. The molecule has 1 saturated heterocycles. The molecule has 0 aromatic carbocycles. The molecule has 1 fully saturated rings. The Hall–Kier alpha value is -0.350. The van der Waals surface area contributed by atoms with Crippen molar-refractivity contribution in [3.8, 4) is 0 Å². The Kier molecular flexibility index (Phi) is 9.18. The second kappa shape index (κ2) is 10.4. The van der Waals surface area contributed by atoms with E-state index in [-0.39, 0.29) is 0 Å². The first-order valence-corrected chi connectivity index (χ1v) is 8.30. The van der Waals surface area contributed by atoms with E-state index in [0.717, 1.165) is 37.1 Å². The lowest BCUT2D eigenvalue weighted by Crippen LogP contribution is -2.39. The molecule has 1 aliphatic heterocycles. The molecule has 1 rings (SSSR count). The highest BCUT2D eigenvalue weighted by molar-refractivity contribution is 7.80. The van der Waals surface area contributed by atoms with Crippen molar-refractivity contribution in [3.63, 3.8) is 0 Å². The van der Waals surface area contributed by atoms with Crippen LogP contribution in [0.25, 0.3) is 0 Å². The maximum absolute atomic E-state index is 5.59. The van der Waals surface area contributed by atoms with Crippen LogP contribution in [-0.4, -0.2) is 30.9 Å². The molecule has 0 radical (unpaired) electrons. The smallest absolute Gasteiger partial charge is 0.166 e. The predicted octanol–water partition coefficient (Wildman–Crippen LogP) is 3.24. The van der Waals surface area contributed by atoms with E-state index < -0.39 is 0 Å². The molecule has 4 heteroatoms. The average molecular weight is 286 g/mol. The fourth-order valence-electron chi connectivity index (χ4n) is 2.46. The van der Waals surface area contributed by atoms with Gasteiger partial charge in [-0.1, -0.05) is 33.1 Å².